The molecule has 6 heteroatoms. The van der Waals surface area contributed by atoms with Gasteiger partial charge in [0.15, 0.2) is 5.96 Å². The van der Waals surface area contributed by atoms with Crippen LogP contribution in [0.1, 0.15) is 51.2 Å². The van der Waals surface area contributed by atoms with E-state index in [0.29, 0.717) is 11.6 Å². The number of aliphatic imine (C=N–C) groups is 1. The van der Waals surface area contributed by atoms with E-state index >= 15 is 0 Å². The van der Waals surface area contributed by atoms with E-state index in [1.54, 1.807) is 12.1 Å². The average molecular weight is 368 g/mol. The molecule has 3 N–H and O–H groups in total. The van der Waals surface area contributed by atoms with Gasteiger partial charge in [0.2, 0.25) is 0 Å². The van der Waals surface area contributed by atoms with Crippen LogP contribution in [0.5, 0.6) is 0 Å². The van der Waals surface area contributed by atoms with E-state index in [9.17, 15) is 9.50 Å². The minimum absolute atomic E-state index is 0.251. The maximum Gasteiger partial charge on any atom is 0.191 e. The van der Waals surface area contributed by atoms with Crippen LogP contribution in [0.25, 0.3) is 0 Å². The van der Waals surface area contributed by atoms with Gasteiger partial charge in [-0.25, -0.2) is 4.39 Å². The predicted octanol–water partition coefficient (Wildman–Crippen LogP) is 3.48. The molecule has 0 aromatic heterocycles. The molecule has 0 saturated heterocycles. The smallest absolute Gasteiger partial charge is 0.191 e. The number of rotatable bonds is 7. The van der Waals surface area contributed by atoms with Gasteiger partial charge in [0, 0.05) is 17.8 Å². The van der Waals surface area contributed by atoms with Crippen LogP contribution < -0.4 is 10.6 Å². The maximum atomic E-state index is 13.0. The number of nitrogens with zero attached hydrogens (tertiary/aromatic N) is 1. The van der Waals surface area contributed by atoms with Crippen LogP contribution in [0, 0.1) is 5.82 Å². The number of thioether (sulfide) groups is 1. The number of aliphatic hydroxyl groups excluding tert-OH is 1. The number of hydrogen-bond donors (Lipinski definition) is 3. The molecule has 0 aliphatic heterocycles. The Bertz CT molecular complexity index is 536. The molecule has 0 amide bonds. The van der Waals surface area contributed by atoms with Gasteiger partial charge in [0.05, 0.1) is 12.6 Å². The van der Waals surface area contributed by atoms with Crippen molar-refractivity contribution >= 4 is 17.7 Å². The standard InChI is InChI=1S/C19H30FN3OS/c1-3-21-19(23-16-6-5-7-17(12-16)25-4-2)22-13-18(24)14-8-10-15(20)11-9-14/h8-11,16-18,24H,3-7,12-13H2,1-2H3,(H2,21,22,23). The van der Waals surface area contributed by atoms with E-state index in [0.717, 1.165) is 36.3 Å². The monoisotopic (exact) mass is 367 g/mol. The minimum Gasteiger partial charge on any atom is -0.386 e. The highest BCUT2D eigenvalue weighted by molar-refractivity contribution is 7.99. The van der Waals surface area contributed by atoms with Crippen LogP contribution >= 0.6 is 11.8 Å². The summed E-state index contributed by atoms with van der Waals surface area (Å²) in [6, 6.07) is 6.35. The van der Waals surface area contributed by atoms with Crippen molar-refractivity contribution in [3.8, 4) is 0 Å². The molecule has 1 aliphatic carbocycles. The highest BCUT2D eigenvalue weighted by Gasteiger charge is 2.22. The van der Waals surface area contributed by atoms with Crippen LogP contribution in [0.15, 0.2) is 29.3 Å². The van der Waals surface area contributed by atoms with E-state index in [1.165, 1.54) is 25.0 Å². The number of aliphatic hydroxyl groups is 1. The zero-order valence-corrected chi connectivity index (χ0v) is 16.0. The Balaban J connectivity index is 1.92. The van der Waals surface area contributed by atoms with Crippen molar-refractivity contribution in [3.63, 3.8) is 0 Å². The van der Waals surface area contributed by atoms with Gasteiger partial charge in [-0.3, -0.25) is 4.99 Å². The van der Waals surface area contributed by atoms with E-state index in [2.05, 4.69) is 22.5 Å². The molecule has 0 heterocycles. The summed E-state index contributed by atoms with van der Waals surface area (Å²) >= 11 is 2.04. The molecule has 0 spiro atoms. The van der Waals surface area contributed by atoms with Crippen LogP contribution in [0.2, 0.25) is 0 Å². The van der Waals surface area contributed by atoms with Crippen molar-refractivity contribution in [2.45, 2.75) is 56.9 Å². The van der Waals surface area contributed by atoms with Crippen molar-refractivity contribution < 1.29 is 9.50 Å². The Morgan fingerprint density at radius 3 is 2.76 bits per heavy atom. The number of nitrogens with one attached hydrogen (secondary N) is 2. The van der Waals surface area contributed by atoms with Gasteiger partial charge < -0.3 is 15.7 Å². The third-order valence-corrected chi connectivity index (χ3v) is 5.62. The molecule has 1 aromatic carbocycles. The molecule has 3 unspecified atom stereocenters. The van der Waals surface area contributed by atoms with Gasteiger partial charge in [-0.2, -0.15) is 11.8 Å². The van der Waals surface area contributed by atoms with Gasteiger partial charge in [0.1, 0.15) is 5.82 Å². The van der Waals surface area contributed by atoms with Crippen molar-refractivity contribution in [1.82, 2.24) is 10.6 Å². The fourth-order valence-corrected chi connectivity index (χ4v) is 4.32. The van der Waals surface area contributed by atoms with E-state index < -0.39 is 6.10 Å². The lowest BCUT2D eigenvalue weighted by atomic mass is 9.95. The van der Waals surface area contributed by atoms with Gasteiger partial charge >= 0.3 is 0 Å². The third kappa shape index (κ3) is 6.86. The molecule has 4 nitrogen and oxygen atoms in total. The summed E-state index contributed by atoms with van der Waals surface area (Å²) in [4.78, 5) is 4.52. The fourth-order valence-electron chi connectivity index (χ4n) is 3.14. The minimum atomic E-state index is -0.731. The Morgan fingerprint density at radius 1 is 1.32 bits per heavy atom. The average Bonchev–Trinajstić information content (AvgIpc) is 2.61. The predicted molar refractivity (Wildman–Crippen MR) is 105 cm³/mol. The lowest BCUT2D eigenvalue weighted by Gasteiger charge is -2.30. The molecule has 2 rings (SSSR count). The van der Waals surface area contributed by atoms with Crippen LogP contribution in [-0.4, -0.2) is 41.2 Å². The topological polar surface area (TPSA) is 56.7 Å². The van der Waals surface area contributed by atoms with Gasteiger partial charge in [-0.15, -0.1) is 0 Å². The van der Waals surface area contributed by atoms with Crippen LogP contribution in [0.4, 0.5) is 4.39 Å². The highest BCUT2D eigenvalue weighted by Crippen LogP contribution is 2.28. The summed E-state index contributed by atoms with van der Waals surface area (Å²) in [6.45, 7) is 5.27. The quantitative estimate of drug-likeness (QED) is 0.510. The fraction of sp³-hybridized carbons (Fsp3) is 0.632. The molecule has 0 bridgehead atoms. The summed E-state index contributed by atoms with van der Waals surface area (Å²) < 4.78 is 13.0. The first kappa shape index (κ1) is 20.0. The Labute approximate surface area is 154 Å². The second-order valence-electron chi connectivity index (χ2n) is 6.37. The molecule has 0 radical (unpaired) electrons. The molecule has 1 fully saturated rings. The summed E-state index contributed by atoms with van der Waals surface area (Å²) in [5.74, 6) is 1.61. The molecule has 1 aliphatic rings. The second kappa shape index (κ2) is 10.7. The third-order valence-electron chi connectivity index (χ3n) is 4.39. The lowest BCUT2D eigenvalue weighted by molar-refractivity contribution is 0.187. The summed E-state index contributed by atoms with van der Waals surface area (Å²) in [6.07, 6.45) is 4.13. The first-order valence-corrected chi connectivity index (χ1v) is 10.3. The first-order chi connectivity index (χ1) is 12.1. The van der Waals surface area contributed by atoms with Crippen molar-refractivity contribution in [3.05, 3.63) is 35.6 Å². The summed E-state index contributed by atoms with van der Waals surface area (Å²) in [5, 5.41) is 17.8. The SMILES string of the molecule is CCNC(=NCC(O)c1ccc(F)cc1)NC1CCCC(SCC)C1. The summed E-state index contributed by atoms with van der Waals surface area (Å²) in [7, 11) is 0. The molecule has 140 valence electrons. The molecular weight excluding hydrogens is 337 g/mol. The molecule has 3 atom stereocenters. The number of benzene rings is 1. The highest BCUT2D eigenvalue weighted by atomic mass is 32.2. The molecule has 1 aromatic rings. The zero-order valence-electron chi connectivity index (χ0n) is 15.2. The molecule has 25 heavy (non-hydrogen) atoms. The van der Waals surface area contributed by atoms with Gasteiger partial charge in [-0.05, 0) is 49.6 Å². The van der Waals surface area contributed by atoms with Gasteiger partial charge in [-0.1, -0.05) is 25.5 Å². The van der Waals surface area contributed by atoms with Crippen LogP contribution in [0.3, 0.4) is 0 Å². The molecular formula is C19H30FN3OS. The van der Waals surface area contributed by atoms with E-state index in [-0.39, 0.29) is 12.4 Å². The Kier molecular flexibility index (Phi) is 8.55. The number of hydrogen-bond acceptors (Lipinski definition) is 3. The first-order valence-electron chi connectivity index (χ1n) is 9.22. The van der Waals surface area contributed by atoms with Crippen molar-refractivity contribution in [2.75, 3.05) is 18.8 Å². The largest absolute Gasteiger partial charge is 0.386 e. The number of guanidine groups is 1. The lowest BCUT2D eigenvalue weighted by Crippen LogP contribution is -2.46. The number of halogens is 1. The van der Waals surface area contributed by atoms with E-state index in [1.807, 2.05) is 18.7 Å². The molecule has 1 saturated carbocycles. The zero-order chi connectivity index (χ0) is 18.1. The Hall–Kier alpha value is -1.27. The van der Waals surface area contributed by atoms with E-state index in [4.69, 9.17) is 0 Å². The Morgan fingerprint density at radius 2 is 2.08 bits per heavy atom. The van der Waals surface area contributed by atoms with Crippen molar-refractivity contribution in [1.29, 1.82) is 0 Å². The summed E-state index contributed by atoms with van der Waals surface area (Å²) in [5.41, 5.74) is 0.679. The normalized spacial score (nSPS) is 22.5. The van der Waals surface area contributed by atoms with Crippen molar-refractivity contribution in [2.24, 2.45) is 4.99 Å². The second-order valence-corrected chi connectivity index (χ2v) is 7.95. The van der Waals surface area contributed by atoms with Crippen LogP contribution in [-0.2, 0) is 0 Å². The van der Waals surface area contributed by atoms with Gasteiger partial charge in [0.25, 0.3) is 0 Å². The maximum absolute atomic E-state index is 13.0.